The van der Waals surface area contributed by atoms with E-state index in [1.807, 2.05) is 13.8 Å². The van der Waals surface area contributed by atoms with Gasteiger partial charge in [-0.15, -0.1) is 6.58 Å². The van der Waals surface area contributed by atoms with Crippen LogP contribution in [0.2, 0.25) is 0 Å². The molecule has 5 heteroatoms. The van der Waals surface area contributed by atoms with Gasteiger partial charge in [0, 0.05) is 6.04 Å². The minimum atomic E-state index is -0.478. The lowest BCUT2D eigenvalue weighted by Gasteiger charge is -2.42. The Bertz CT molecular complexity index is 250. The van der Waals surface area contributed by atoms with E-state index in [4.69, 9.17) is 0 Å². The van der Waals surface area contributed by atoms with E-state index < -0.39 is 6.10 Å². The molecule has 0 amide bonds. The Hall–Kier alpha value is -0.0700. The molecule has 1 heterocycles. The van der Waals surface area contributed by atoms with Gasteiger partial charge in [0.15, 0.2) is 0 Å². The van der Waals surface area contributed by atoms with Gasteiger partial charge in [0.1, 0.15) is 4.87 Å². The van der Waals surface area contributed by atoms with Crippen molar-refractivity contribution in [1.82, 2.24) is 9.62 Å². The Balaban J connectivity index is 3.03. The summed E-state index contributed by atoms with van der Waals surface area (Å²) in [5, 5.41) is 19.3. The predicted octanol–water partition coefficient (Wildman–Crippen LogP) is 0.920. The number of rotatable bonds is 5. The third-order valence-electron chi connectivity index (χ3n) is 3.21. The van der Waals surface area contributed by atoms with E-state index in [0.717, 1.165) is 6.42 Å². The van der Waals surface area contributed by atoms with E-state index >= 15 is 0 Å². The fourth-order valence-corrected chi connectivity index (χ4v) is 3.50. The van der Waals surface area contributed by atoms with Crippen molar-refractivity contribution in [1.29, 1.82) is 0 Å². The maximum atomic E-state index is 10.0. The van der Waals surface area contributed by atoms with Crippen LogP contribution in [0.15, 0.2) is 12.7 Å². The van der Waals surface area contributed by atoms with Crippen LogP contribution in [0.5, 0.6) is 0 Å². The summed E-state index contributed by atoms with van der Waals surface area (Å²) in [6, 6.07) is -0.0138. The number of hydrogen-bond acceptors (Lipinski definition) is 5. The molecule has 1 rings (SSSR count). The predicted molar refractivity (Wildman–Crippen MR) is 67.8 cm³/mol. The van der Waals surface area contributed by atoms with Gasteiger partial charge in [-0.3, -0.25) is 4.90 Å². The van der Waals surface area contributed by atoms with Gasteiger partial charge in [-0.2, -0.15) is 0 Å². The molecule has 0 bridgehead atoms. The summed E-state index contributed by atoms with van der Waals surface area (Å²) in [6.07, 6.45) is 2.12. The standard InChI is InChI=1S/C11H22N2O2S/c1-5-10-12-16-11(6-2,9(4)15)13(10)8(3)7-14/h5,8-10,12,14-15H,1,6-7H2,2-4H3/t8?,9-,10?,11?/m0/s1. The van der Waals surface area contributed by atoms with Crippen LogP contribution in [0.25, 0.3) is 0 Å². The molecule has 0 aliphatic carbocycles. The Morgan fingerprint density at radius 3 is 2.62 bits per heavy atom. The van der Waals surface area contributed by atoms with E-state index in [2.05, 4.69) is 16.2 Å². The monoisotopic (exact) mass is 246 g/mol. The van der Waals surface area contributed by atoms with Crippen LogP contribution in [0.3, 0.4) is 0 Å². The molecule has 0 aromatic carbocycles. The topological polar surface area (TPSA) is 55.7 Å². The normalized spacial score (nSPS) is 34.9. The second kappa shape index (κ2) is 5.51. The zero-order valence-electron chi connectivity index (χ0n) is 10.2. The van der Waals surface area contributed by atoms with Crippen LogP contribution in [0.4, 0.5) is 0 Å². The summed E-state index contributed by atoms with van der Waals surface area (Å²) in [6.45, 7) is 9.65. The van der Waals surface area contributed by atoms with E-state index in [0.29, 0.717) is 0 Å². The number of nitrogens with zero attached hydrogens (tertiary/aromatic N) is 1. The minimum absolute atomic E-state index is 0.0123. The highest BCUT2D eigenvalue weighted by Gasteiger charge is 2.50. The van der Waals surface area contributed by atoms with Crippen molar-refractivity contribution < 1.29 is 10.2 Å². The Kier molecular flexibility index (Phi) is 4.82. The molecule has 1 fully saturated rings. The van der Waals surface area contributed by atoms with Crippen LogP contribution in [-0.2, 0) is 0 Å². The molecule has 1 aliphatic rings. The van der Waals surface area contributed by atoms with Crippen LogP contribution in [0, 0.1) is 0 Å². The van der Waals surface area contributed by atoms with Gasteiger partial charge in [-0.25, -0.2) is 4.72 Å². The molecule has 0 aromatic rings. The minimum Gasteiger partial charge on any atom is -0.395 e. The highest BCUT2D eigenvalue weighted by atomic mass is 32.2. The van der Waals surface area contributed by atoms with Crippen LogP contribution < -0.4 is 4.72 Å². The van der Waals surface area contributed by atoms with E-state index in [9.17, 15) is 10.2 Å². The first-order valence-corrected chi connectivity index (χ1v) is 6.48. The van der Waals surface area contributed by atoms with Crippen LogP contribution >= 0.6 is 11.9 Å². The molecule has 3 N–H and O–H groups in total. The third-order valence-corrected chi connectivity index (χ3v) is 4.77. The van der Waals surface area contributed by atoms with Crippen molar-refractivity contribution >= 4 is 11.9 Å². The van der Waals surface area contributed by atoms with Crippen LogP contribution in [-0.4, -0.2) is 44.9 Å². The van der Waals surface area contributed by atoms with Crippen molar-refractivity contribution in [3.05, 3.63) is 12.7 Å². The van der Waals surface area contributed by atoms with Gasteiger partial charge in [-0.05, 0) is 20.3 Å². The molecule has 16 heavy (non-hydrogen) atoms. The van der Waals surface area contributed by atoms with Gasteiger partial charge < -0.3 is 10.2 Å². The fourth-order valence-electron chi connectivity index (χ4n) is 2.26. The fraction of sp³-hybridized carbons (Fsp3) is 0.818. The largest absolute Gasteiger partial charge is 0.395 e. The molecule has 4 atom stereocenters. The number of aliphatic hydroxyl groups excluding tert-OH is 2. The van der Waals surface area contributed by atoms with Gasteiger partial charge in [0.2, 0.25) is 0 Å². The average Bonchev–Trinajstić information content (AvgIpc) is 2.67. The van der Waals surface area contributed by atoms with Crippen molar-refractivity contribution in [2.24, 2.45) is 0 Å². The molecule has 0 radical (unpaired) electrons. The molecule has 94 valence electrons. The molecule has 4 nitrogen and oxygen atoms in total. The van der Waals surface area contributed by atoms with Crippen molar-refractivity contribution in [2.75, 3.05) is 6.61 Å². The summed E-state index contributed by atoms with van der Waals surface area (Å²) in [5.74, 6) is 0. The molecule has 0 spiro atoms. The molecule has 1 aliphatic heterocycles. The first-order chi connectivity index (χ1) is 7.53. The number of hydrogen-bond donors (Lipinski definition) is 3. The smallest absolute Gasteiger partial charge is 0.109 e. The Labute approximate surface area is 102 Å². The second-order valence-electron chi connectivity index (χ2n) is 4.21. The van der Waals surface area contributed by atoms with Crippen molar-refractivity contribution in [3.63, 3.8) is 0 Å². The summed E-state index contributed by atoms with van der Waals surface area (Å²) < 4.78 is 3.25. The first kappa shape index (κ1) is 14.0. The molecule has 1 saturated heterocycles. The quantitative estimate of drug-likeness (QED) is 0.497. The highest BCUT2D eigenvalue weighted by Crippen LogP contribution is 2.42. The Morgan fingerprint density at radius 1 is 1.62 bits per heavy atom. The lowest BCUT2D eigenvalue weighted by Crippen LogP contribution is -2.56. The van der Waals surface area contributed by atoms with Gasteiger partial charge in [0.25, 0.3) is 0 Å². The number of aliphatic hydroxyl groups is 2. The average molecular weight is 246 g/mol. The molecular weight excluding hydrogens is 224 g/mol. The van der Waals surface area contributed by atoms with E-state index in [1.54, 1.807) is 13.0 Å². The lowest BCUT2D eigenvalue weighted by atomic mass is 10.0. The van der Waals surface area contributed by atoms with E-state index in [-0.39, 0.29) is 23.7 Å². The van der Waals surface area contributed by atoms with Gasteiger partial charge in [0.05, 0.1) is 18.9 Å². The summed E-state index contributed by atoms with van der Waals surface area (Å²) >= 11 is 1.53. The maximum Gasteiger partial charge on any atom is 0.109 e. The van der Waals surface area contributed by atoms with Crippen molar-refractivity contribution in [3.8, 4) is 0 Å². The van der Waals surface area contributed by atoms with Crippen molar-refractivity contribution in [2.45, 2.75) is 50.4 Å². The molecule has 0 aromatic heterocycles. The van der Waals surface area contributed by atoms with E-state index in [1.165, 1.54) is 11.9 Å². The number of nitrogens with one attached hydrogen (secondary N) is 1. The SMILES string of the molecule is C=CC1NSC(CC)([C@H](C)O)N1C(C)CO. The summed E-state index contributed by atoms with van der Waals surface area (Å²) in [7, 11) is 0. The van der Waals surface area contributed by atoms with Crippen LogP contribution in [0.1, 0.15) is 27.2 Å². The third kappa shape index (κ3) is 2.15. The Morgan fingerprint density at radius 2 is 2.25 bits per heavy atom. The van der Waals surface area contributed by atoms with Gasteiger partial charge >= 0.3 is 0 Å². The molecule has 3 unspecified atom stereocenters. The van der Waals surface area contributed by atoms with Gasteiger partial charge in [-0.1, -0.05) is 24.9 Å². The first-order valence-electron chi connectivity index (χ1n) is 5.67. The summed E-state index contributed by atoms with van der Waals surface area (Å²) in [5.41, 5.74) is 0. The zero-order valence-corrected chi connectivity index (χ0v) is 11.0. The molecular formula is C11H22N2O2S. The summed E-state index contributed by atoms with van der Waals surface area (Å²) in [4.78, 5) is 1.72. The maximum absolute atomic E-state index is 10.0. The highest BCUT2D eigenvalue weighted by molar-refractivity contribution is 7.99. The zero-order chi connectivity index (χ0) is 12.3. The molecule has 0 saturated carbocycles. The second-order valence-corrected chi connectivity index (χ2v) is 5.36. The lowest BCUT2D eigenvalue weighted by molar-refractivity contribution is -0.00789.